The van der Waals surface area contributed by atoms with Gasteiger partial charge in [0.05, 0.1) is 0 Å². The molecule has 3 heteroatoms. The van der Waals surface area contributed by atoms with E-state index in [-0.39, 0.29) is 0 Å². The minimum Gasteiger partial charge on any atom is -0.297 e. The monoisotopic (exact) mass is 343 g/mol. The molecule has 0 aliphatic rings. The largest absolute Gasteiger partial charge is 0.297 e. The van der Waals surface area contributed by atoms with Crippen molar-refractivity contribution in [3.8, 4) is 0 Å². The maximum absolute atomic E-state index is 2.34. The van der Waals surface area contributed by atoms with E-state index in [4.69, 9.17) is 0 Å². The normalized spacial score (nSPS) is 10.9. The number of benzene rings is 1. The Bertz CT molecular complexity index is 422. The van der Waals surface area contributed by atoms with Gasteiger partial charge >= 0.3 is 0 Å². The summed E-state index contributed by atoms with van der Waals surface area (Å²) >= 11 is 4.16. The molecular formula is C13H14INS. The topological polar surface area (TPSA) is 3.24 Å². The first-order valence-corrected chi connectivity index (χ1v) is 7.15. The highest BCUT2D eigenvalue weighted by atomic mass is 127. The molecule has 0 amide bonds. The number of nitrogens with zero attached hydrogens (tertiary/aromatic N) is 1. The molecule has 0 saturated heterocycles. The summed E-state index contributed by atoms with van der Waals surface area (Å²) in [4.78, 5) is 3.77. The van der Waals surface area contributed by atoms with Crippen LogP contribution in [0, 0.1) is 3.57 Å². The molecule has 0 saturated carbocycles. The van der Waals surface area contributed by atoms with Crippen molar-refractivity contribution < 1.29 is 0 Å². The van der Waals surface area contributed by atoms with Gasteiger partial charge in [-0.05, 0) is 58.8 Å². The average Bonchev–Trinajstić information content (AvgIpc) is 2.74. The van der Waals surface area contributed by atoms with E-state index in [9.17, 15) is 0 Å². The minimum atomic E-state index is 1.01. The summed E-state index contributed by atoms with van der Waals surface area (Å²) in [6.07, 6.45) is 0. The molecule has 84 valence electrons. The quantitative estimate of drug-likeness (QED) is 0.759. The molecule has 1 aromatic heterocycles. The van der Waals surface area contributed by atoms with Gasteiger partial charge in [-0.3, -0.25) is 4.90 Å². The molecule has 2 rings (SSSR count). The zero-order valence-electron chi connectivity index (χ0n) is 9.19. The second-order valence-corrected chi connectivity index (χ2v) is 6.16. The van der Waals surface area contributed by atoms with E-state index in [0.717, 1.165) is 13.1 Å². The van der Waals surface area contributed by atoms with E-state index in [1.807, 2.05) is 11.3 Å². The summed E-state index contributed by atoms with van der Waals surface area (Å²) in [7, 11) is 2.16. The van der Waals surface area contributed by atoms with Gasteiger partial charge in [0.25, 0.3) is 0 Å². The van der Waals surface area contributed by atoms with Crippen molar-refractivity contribution in [2.24, 2.45) is 0 Å². The van der Waals surface area contributed by atoms with Crippen molar-refractivity contribution in [2.45, 2.75) is 13.1 Å². The van der Waals surface area contributed by atoms with Crippen molar-refractivity contribution in [2.75, 3.05) is 7.05 Å². The summed E-state index contributed by atoms with van der Waals surface area (Å²) in [6.45, 7) is 2.04. The van der Waals surface area contributed by atoms with Gasteiger partial charge in [0.2, 0.25) is 0 Å². The van der Waals surface area contributed by atoms with Gasteiger partial charge in [-0.2, -0.15) is 0 Å². The lowest BCUT2D eigenvalue weighted by atomic mass is 10.2. The highest BCUT2D eigenvalue weighted by Crippen LogP contribution is 2.13. The van der Waals surface area contributed by atoms with Crippen LogP contribution in [-0.4, -0.2) is 11.9 Å². The van der Waals surface area contributed by atoms with Crippen molar-refractivity contribution >= 4 is 33.9 Å². The summed E-state index contributed by atoms with van der Waals surface area (Å²) in [5, 5.41) is 2.13. The zero-order valence-corrected chi connectivity index (χ0v) is 12.2. The molecule has 0 N–H and O–H groups in total. The molecule has 0 aliphatic heterocycles. The smallest absolute Gasteiger partial charge is 0.0328 e. The van der Waals surface area contributed by atoms with Gasteiger partial charge in [0.1, 0.15) is 0 Å². The van der Waals surface area contributed by atoms with Crippen LogP contribution in [0.25, 0.3) is 0 Å². The molecule has 0 fully saturated rings. The minimum absolute atomic E-state index is 1.01. The van der Waals surface area contributed by atoms with Crippen molar-refractivity contribution in [3.63, 3.8) is 0 Å². The number of hydrogen-bond donors (Lipinski definition) is 0. The molecule has 0 spiro atoms. The van der Waals surface area contributed by atoms with Gasteiger partial charge in [0, 0.05) is 21.5 Å². The standard InChI is InChI=1S/C13H14INS/c1-15(10-13-3-2-8-16-13)9-11-4-6-12(14)7-5-11/h2-8H,9-10H2,1H3. The van der Waals surface area contributed by atoms with Crippen LogP contribution in [-0.2, 0) is 13.1 Å². The number of hydrogen-bond acceptors (Lipinski definition) is 2. The van der Waals surface area contributed by atoms with Crippen LogP contribution >= 0.6 is 33.9 Å². The van der Waals surface area contributed by atoms with E-state index < -0.39 is 0 Å². The fourth-order valence-corrected chi connectivity index (χ4v) is 2.77. The number of halogens is 1. The second-order valence-electron chi connectivity index (χ2n) is 3.88. The summed E-state index contributed by atoms with van der Waals surface area (Å²) < 4.78 is 1.29. The Balaban J connectivity index is 1.92. The summed E-state index contributed by atoms with van der Waals surface area (Å²) in [5.41, 5.74) is 1.37. The SMILES string of the molecule is CN(Cc1ccc(I)cc1)Cc1cccs1. The van der Waals surface area contributed by atoms with Gasteiger partial charge in [-0.1, -0.05) is 18.2 Å². The molecule has 0 bridgehead atoms. The van der Waals surface area contributed by atoms with Gasteiger partial charge in [-0.15, -0.1) is 11.3 Å². The molecule has 0 aliphatic carbocycles. The lowest BCUT2D eigenvalue weighted by Crippen LogP contribution is -2.16. The van der Waals surface area contributed by atoms with Crippen LogP contribution in [0.15, 0.2) is 41.8 Å². The Morgan fingerprint density at radius 1 is 1.12 bits per heavy atom. The van der Waals surface area contributed by atoms with E-state index >= 15 is 0 Å². The van der Waals surface area contributed by atoms with E-state index in [0.29, 0.717) is 0 Å². The van der Waals surface area contributed by atoms with Crippen molar-refractivity contribution in [3.05, 3.63) is 55.8 Å². The highest BCUT2D eigenvalue weighted by molar-refractivity contribution is 14.1. The molecule has 16 heavy (non-hydrogen) atoms. The third kappa shape index (κ3) is 3.57. The van der Waals surface area contributed by atoms with Gasteiger partial charge < -0.3 is 0 Å². The molecule has 0 unspecified atom stereocenters. The predicted molar refractivity (Wildman–Crippen MR) is 78.6 cm³/mol. The first-order valence-electron chi connectivity index (χ1n) is 5.19. The van der Waals surface area contributed by atoms with Gasteiger partial charge in [-0.25, -0.2) is 0 Å². The zero-order chi connectivity index (χ0) is 11.4. The molecule has 1 nitrogen and oxygen atoms in total. The third-order valence-electron chi connectivity index (χ3n) is 2.37. The summed E-state index contributed by atoms with van der Waals surface area (Å²) in [5.74, 6) is 0. The van der Waals surface area contributed by atoms with E-state index in [2.05, 4.69) is 76.3 Å². The lowest BCUT2D eigenvalue weighted by Gasteiger charge is -2.15. The molecule has 0 atom stereocenters. The molecule has 2 aromatic rings. The van der Waals surface area contributed by atoms with E-state index in [1.165, 1.54) is 14.0 Å². The first kappa shape index (κ1) is 12.1. The second kappa shape index (κ2) is 5.80. The molecule has 1 aromatic carbocycles. The van der Waals surface area contributed by atoms with E-state index in [1.54, 1.807) is 0 Å². The summed E-state index contributed by atoms with van der Waals surface area (Å²) in [6, 6.07) is 13.0. The third-order valence-corrected chi connectivity index (χ3v) is 3.95. The number of thiophene rings is 1. The fraction of sp³-hybridized carbons (Fsp3) is 0.231. The van der Waals surface area contributed by atoms with Crippen molar-refractivity contribution in [1.82, 2.24) is 4.90 Å². The Morgan fingerprint density at radius 3 is 2.50 bits per heavy atom. The Kier molecular flexibility index (Phi) is 4.37. The Morgan fingerprint density at radius 2 is 1.88 bits per heavy atom. The highest BCUT2D eigenvalue weighted by Gasteiger charge is 2.02. The van der Waals surface area contributed by atoms with Crippen LogP contribution in [0.5, 0.6) is 0 Å². The Hall–Kier alpha value is -0.390. The van der Waals surface area contributed by atoms with Crippen LogP contribution in [0.3, 0.4) is 0 Å². The molecular weight excluding hydrogens is 329 g/mol. The lowest BCUT2D eigenvalue weighted by molar-refractivity contribution is 0.322. The average molecular weight is 343 g/mol. The van der Waals surface area contributed by atoms with Crippen LogP contribution in [0.4, 0.5) is 0 Å². The van der Waals surface area contributed by atoms with Crippen LogP contribution in [0.2, 0.25) is 0 Å². The molecule has 1 heterocycles. The fourth-order valence-electron chi connectivity index (χ4n) is 1.63. The van der Waals surface area contributed by atoms with Crippen LogP contribution in [0.1, 0.15) is 10.4 Å². The molecule has 0 radical (unpaired) electrons. The van der Waals surface area contributed by atoms with Crippen molar-refractivity contribution in [1.29, 1.82) is 0 Å². The maximum atomic E-state index is 2.34. The number of rotatable bonds is 4. The van der Waals surface area contributed by atoms with Crippen LogP contribution < -0.4 is 0 Å². The predicted octanol–water partition coefficient (Wildman–Crippen LogP) is 3.98. The maximum Gasteiger partial charge on any atom is 0.0328 e. The van der Waals surface area contributed by atoms with Gasteiger partial charge in [0.15, 0.2) is 0 Å². The Labute approximate surface area is 114 Å². The first-order chi connectivity index (χ1) is 7.74.